The van der Waals surface area contributed by atoms with E-state index >= 15 is 0 Å². The minimum absolute atomic E-state index is 0.0323. The van der Waals surface area contributed by atoms with Gasteiger partial charge in [0, 0.05) is 6.42 Å². The maximum atomic E-state index is 11.8. The molecule has 0 spiro atoms. The van der Waals surface area contributed by atoms with Crippen LogP contribution in [-0.4, -0.2) is 28.9 Å². The second-order valence-corrected chi connectivity index (χ2v) is 4.61. The zero-order valence-corrected chi connectivity index (χ0v) is 10.8. The smallest absolute Gasteiger partial charge is 0.320 e. The second kappa shape index (κ2) is 7.66. The van der Waals surface area contributed by atoms with Crippen LogP contribution < -0.4 is 11.5 Å². The molecule has 0 radical (unpaired) electrons. The van der Waals surface area contributed by atoms with Crippen LogP contribution in [0.1, 0.15) is 24.8 Å². The van der Waals surface area contributed by atoms with Crippen LogP contribution in [0, 0.1) is 0 Å². The molecule has 1 rings (SSSR count). The predicted octanol–water partition coefficient (Wildman–Crippen LogP) is 0.708. The van der Waals surface area contributed by atoms with Gasteiger partial charge in [-0.25, -0.2) is 0 Å². The number of carboxylic acid groups (broad SMARTS) is 1. The van der Waals surface area contributed by atoms with E-state index in [4.69, 9.17) is 16.6 Å². The zero-order valence-electron chi connectivity index (χ0n) is 10.8. The van der Waals surface area contributed by atoms with Gasteiger partial charge in [-0.3, -0.25) is 9.59 Å². The normalized spacial score (nSPS) is 13.8. The molecule has 1 aromatic carbocycles. The highest BCUT2D eigenvalue weighted by atomic mass is 16.4. The first kappa shape index (κ1) is 15.3. The van der Waals surface area contributed by atoms with E-state index in [1.54, 1.807) is 0 Å². The Balaban J connectivity index is 2.31. The monoisotopic (exact) mass is 264 g/mol. The molecule has 2 unspecified atom stereocenters. The van der Waals surface area contributed by atoms with E-state index in [1.165, 1.54) is 0 Å². The van der Waals surface area contributed by atoms with E-state index in [1.807, 2.05) is 30.3 Å². The molecule has 5 N–H and O–H groups in total. The summed E-state index contributed by atoms with van der Waals surface area (Å²) in [5, 5.41) is 8.63. The molecule has 0 saturated carbocycles. The highest BCUT2D eigenvalue weighted by molar-refractivity contribution is 5.85. The van der Waals surface area contributed by atoms with Crippen molar-refractivity contribution in [2.24, 2.45) is 11.5 Å². The van der Waals surface area contributed by atoms with Gasteiger partial charge in [0.1, 0.15) is 6.04 Å². The summed E-state index contributed by atoms with van der Waals surface area (Å²) < 4.78 is 0. The lowest BCUT2D eigenvalue weighted by Crippen LogP contribution is -2.34. The fourth-order valence-electron chi connectivity index (χ4n) is 1.77. The molecule has 5 heteroatoms. The Labute approximate surface area is 112 Å². The molecular weight excluding hydrogens is 244 g/mol. The van der Waals surface area contributed by atoms with Gasteiger partial charge >= 0.3 is 5.97 Å². The van der Waals surface area contributed by atoms with Crippen LogP contribution in [0.2, 0.25) is 0 Å². The molecule has 0 saturated heterocycles. The molecule has 0 aliphatic heterocycles. The SMILES string of the molecule is NC(CCCC(N)C(=O)Cc1ccccc1)C(=O)O. The fourth-order valence-corrected chi connectivity index (χ4v) is 1.77. The van der Waals surface area contributed by atoms with Crippen molar-refractivity contribution in [3.05, 3.63) is 35.9 Å². The number of carbonyl (C=O) groups excluding carboxylic acids is 1. The van der Waals surface area contributed by atoms with Gasteiger partial charge in [-0.15, -0.1) is 0 Å². The van der Waals surface area contributed by atoms with Crippen molar-refractivity contribution < 1.29 is 14.7 Å². The summed E-state index contributed by atoms with van der Waals surface area (Å²) >= 11 is 0. The number of carbonyl (C=O) groups is 2. The lowest BCUT2D eigenvalue weighted by Gasteiger charge is -2.11. The van der Waals surface area contributed by atoms with Crippen molar-refractivity contribution in [2.45, 2.75) is 37.8 Å². The van der Waals surface area contributed by atoms with Crippen LogP contribution in [0.3, 0.4) is 0 Å². The number of benzene rings is 1. The Kier molecular flexibility index (Phi) is 6.18. The summed E-state index contributed by atoms with van der Waals surface area (Å²) in [6.45, 7) is 0. The van der Waals surface area contributed by atoms with Crippen LogP contribution >= 0.6 is 0 Å². The van der Waals surface area contributed by atoms with E-state index in [0.29, 0.717) is 25.7 Å². The van der Waals surface area contributed by atoms with Gasteiger partial charge in [0.15, 0.2) is 5.78 Å². The number of Topliss-reactive ketones (excluding diaryl/α,β-unsaturated/α-hetero) is 1. The Hall–Kier alpha value is -1.72. The molecule has 0 aliphatic rings. The van der Waals surface area contributed by atoms with E-state index < -0.39 is 18.1 Å². The van der Waals surface area contributed by atoms with Crippen molar-refractivity contribution in [3.8, 4) is 0 Å². The summed E-state index contributed by atoms with van der Waals surface area (Å²) in [5.74, 6) is -1.06. The maximum absolute atomic E-state index is 11.8. The van der Waals surface area contributed by atoms with Crippen molar-refractivity contribution in [2.75, 3.05) is 0 Å². The number of carboxylic acids is 1. The summed E-state index contributed by atoms with van der Waals surface area (Å²) in [6, 6.07) is 7.97. The van der Waals surface area contributed by atoms with Crippen LogP contribution in [0.15, 0.2) is 30.3 Å². The van der Waals surface area contributed by atoms with E-state index in [2.05, 4.69) is 0 Å². The van der Waals surface area contributed by atoms with Gasteiger partial charge in [-0.05, 0) is 24.8 Å². The third-order valence-corrected chi connectivity index (χ3v) is 2.98. The van der Waals surface area contributed by atoms with Crippen LogP contribution in [0.5, 0.6) is 0 Å². The topological polar surface area (TPSA) is 106 Å². The second-order valence-electron chi connectivity index (χ2n) is 4.61. The zero-order chi connectivity index (χ0) is 14.3. The van der Waals surface area contributed by atoms with Crippen LogP contribution in [0.4, 0.5) is 0 Å². The summed E-state index contributed by atoms with van der Waals surface area (Å²) in [6.07, 6.45) is 1.65. The lowest BCUT2D eigenvalue weighted by molar-refractivity contribution is -0.138. The molecule has 104 valence electrons. The number of nitrogens with two attached hydrogens (primary N) is 2. The highest BCUT2D eigenvalue weighted by Gasteiger charge is 2.16. The molecule has 1 aromatic rings. The molecule has 2 atom stereocenters. The molecule has 0 heterocycles. The Morgan fingerprint density at radius 2 is 1.63 bits per heavy atom. The number of aliphatic carboxylic acids is 1. The molecule has 0 fully saturated rings. The van der Waals surface area contributed by atoms with Gasteiger partial charge in [-0.2, -0.15) is 0 Å². The van der Waals surface area contributed by atoms with Crippen LogP contribution in [0.25, 0.3) is 0 Å². The summed E-state index contributed by atoms with van der Waals surface area (Å²) in [5.41, 5.74) is 12.1. The lowest BCUT2D eigenvalue weighted by atomic mass is 9.99. The standard InChI is InChI=1S/C14H20N2O3/c15-11(7-4-8-12(16)14(18)19)13(17)9-10-5-2-1-3-6-10/h1-3,5-6,11-12H,4,7-9,15-16H2,(H,18,19). The molecular formula is C14H20N2O3. The number of hydrogen-bond donors (Lipinski definition) is 3. The van der Waals surface area contributed by atoms with Gasteiger partial charge in [0.2, 0.25) is 0 Å². The minimum atomic E-state index is -1.02. The minimum Gasteiger partial charge on any atom is -0.480 e. The van der Waals surface area contributed by atoms with Gasteiger partial charge in [-0.1, -0.05) is 30.3 Å². The Bertz CT molecular complexity index is 420. The quantitative estimate of drug-likeness (QED) is 0.641. The predicted molar refractivity (Wildman–Crippen MR) is 72.6 cm³/mol. The maximum Gasteiger partial charge on any atom is 0.320 e. The van der Waals surface area contributed by atoms with Crippen molar-refractivity contribution in [1.29, 1.82) is 0 Å². The van der Waals surface area contributed by atoms with Crippen molar-refractivity contribution in [1.82, 2.24) is 0 Å². The van der Waals surface area contributed by atoms with E-state index in [-0.39, 0.29) is 5.78 Å². The third kappa shape index (κ3) is 5.63. The Morgan fingerprint density at radius 1 is 1.05 bits per heavy atom. The fraction of sp³-hybridized carbons (Fsp3) is 0.429. The Morgan fingerprint density at radius 3 is 2.21 bits per heavy atom. The summed E-state index contributed by atoms with van der Waals surface area (Å²) in [7, 11) is 0. The van der Waals surface area contributed by atoms with Gasteiger partial charge < -0.3 is 16.6 Å². The molecule has 0 amide bonds. The van der Waals surface area contributed by atoms with Gasteiger partial charge in [0.25, 0.3) is 0 Å². The van der Waals surface area contributed by atoms with E-state index in [0.717, 1.165) is 5.56 Å². The highest BCUT2D eigenvalue weighted by Crippen LogP contribution is 2.07. The molecule has 0 bridgehead atoms. The molecule has 19 heavy (non-hydrogen) atoms. The average Bonchev–Trinajstić information content (AvgIpc) is 2.39. The summed E-state index contributed by atoms with van der Waals surface area (Å²) in [4.78, 5) is 22.4. The molecule has 0 aromatic heterocycles. The molecule has 5 nitrogen and oxygen atoms in total. The first-order valence-corrected chi connectivity index (χ1v) is 6.31. The number of hydrogen-bond acceptors (Lipinski definition) is 4. The van der Waals surface area contributed by atoms with Crippen LogP contribution in [-0.2, 0) is 16.0 Å². The molecule has 0 aliphatic carbocycles. The first-order chi connectivity index (χ1) is 9.00. The van der Waals surface area contributed by atoms with Crippen molar-refractivity contribution in [3.63, 3.8) is 0 Å². The van der Waals surface area contributed by atoms with Gasteiger partial charge in [0.05, 0.1) is 6.04 Å². The average molecular weight is 264 g/mol. The van der Waals surface area contributed by atoms with Crippen molar-refractivity contribution >= 4 is 11.8 Å². The van der Waals surface area contributed by atoms with E-state index in [9.17, 15) is 9.59 Å². The first-order valence-electron chi connectivity index (χ1n) is 6.31. The largest absolute Gasteiger partial charge is 0.480 e. The third-order valence-electron chi connectivity index (χ3n) is 2.98. The number of rotatable bonds is 8. The number of ketones is 1.